The summed E-state index contributed by atoms with van der Waals surface area (Å²) in [6, 6.07) is 14.9. The van der Waals surface area contributed by atoms with Gasteiger partial charge in [0.1, 0.15) is 5.75 Å². The van der Waals surface area contributed by atoms with E-state index >= 15 is 0 Å². The minimum Gasteiger partial charge on any atom is -0.508 e. The lowest BCUT2D eigenvalue weighted by molar-refractivity contribution is -0.129. The molecular formula is C25H23N3O4. The maximum Gasteiger partial charge on any atom is 0.290 e. The number of rotatable bonds is 8. The third kappa shape index (κ3) is 4.46. The zero-order chi connectivity index (χ0) is 22.5. The van der Waals surface area contributed by atoms with E-state index < -0.39 is 23.5 Å². The van der Waals surface area contributed by atoms with Crippen molar-refractivity contribution in [3.05, 3.63) is 102 Å². The molecule has 32 heavy (non-hydrogen) atoms. The number of carbonyl (C=O) groups is 2. The number of phenols is 1. The molecule has 7 heteroatoms. The number of phenolic OH excluding ortho intramolecular Hbond substituents is 1. The van der Waals surface area contributed by atoms with Crippen LogP contribution in [0.4, 0.5) is 0 Å². The van der Waals surface area contributed by atoms with E-state index in [-0.39, 0.29) is 11.3 Å². The summed E-state index contributed by atoms with van der Waals surface area (Å²) >= 11 is 0. The number of aromatic nitrogens is 2. The highest BCUT2D eigenvalue weighted by Crippen LogP contribution is 2.38. The fourth-order valence-corrected chi connectivity index (χ4v) is 3.81. The molecule has 0 fully saturated rings. The summed E-state index contributed by atoms with van der Waals surface area (Å²) in [5.41, 5.74) is 1.51. The van der Waals surface area contributed by atoms with E-state index in [2.05, 4.69) is 4.98 Å². The van der Waals surface area contributed by atoms with Crippen molar-refractivity contribution in [2.45, 2.75) is 19.0 Å². The predicted octanol–water partition coefficient (Wildman–Crippen LogP) is 3.66. The van der Waals surface area contributed by atoms with E-state index in [1.165, 1.54) is 23.1 Å². The van der Waals surface area contributed by atoms with Crippen molar-refractivity contribution in [3.63, 3.8) is 0 Å². The Morgan fingerprint density at radius 2 is 1.78 bits per heavy atom. The van der Waals surface area contributed by atoms with Gasteiger partial charge in [-0.05, 0) is 35.8 Å². The zero-order valence-electron chi connectivity index (χ0n) is 17.3. The van der Waals surface area contributed by atoms with E-state index in [0.29, 0.717) is 25.1 Å². The Morgan fingerprint density at radius 1 is 1.03 bits per heavy atom. The highest BCUT2D eigenvalue weighted by atomic mass is 16.3. The number of aromatic hydroxyl groups is 1. The number of benzene rings is 2. The van der Waals surface area contributed by atoms with Gasteiger partial charge in [0.25, 0.3) is 5.91 Å². The second-order valence-corrected chi connectivity index (χ2v) is 7.52. The standard InChI is InChI=1S/C25H23N3O4/c29-20-10-8-19(9-11-20)23-22(21(30)12-7-18-5-2-1-3-6-18)24(31)25(32)28(23)15-4-14-27-16-13-26-17-27/h1-3,5-13,16-17,23,29,31H,4,14-15H2. The fourth-order valence-electron chi connectivity index (χ4n) is 3.81. The summed E-state index contributed by atoms with van der Waals surface area (Å²) < 4.78 is 1.90. The topological polar surface area (TPSA) is 95.7 Å². The van der Waals surface area contributed by atoms with Gasteiger partial charge in [0.15, 0.2) is 11.5 Å². The van der Waals surface area contributed by atoms with E-state index in [1.807, 2.05) is 41.1 Å². The molecule has 2 N–H and O–H groups in total. The molecule has 1 atom stereocenters. The van der Waals surface area contributed by atoms with Gasteiger partial charge in [-0.15, -0.1) is 0 Å². The van der Waals surface area contributed by atoms with Crippen LogP contribution in [0.25, 0.3) is 6.08 Å². The highest BCUT2D eigenvalue weighted by molar-refractivity contribution is 6.14. The van der Waals surface area contributed by atoms with Crippen molar-refractivity contribution in [1.29, 1.82) is 0 Å². The lowest BCUT2D eigenvalue weighted by Crippen LogP contribution is -2.32. The molecule has 4 rings (SSSR count). The number of carbonyl (C=O) groups excluding carboxylic acids is 2. The van der Waals surface area contributed by atoms with Crippen molar-refractivity contribution in [1.82, 2.24) is 14.5 Å². The number of hydrogen-bond acceptors (Lipinski definition) is 5. The van der Waals surface area contributed by atoms with E-state index in [0.717, 1.165) is 5.56 Å². The van der Waals surface area contributed by atoms with E-state index in [1.54, 1.807) is 30.7 Å². The highest BCUT2D eigenvalue weighted by Gasteiger charge is 2.42. The molecule has 162 valence electrons. The first-order chi connectivity index (χ1) is 15.5. The third-order valence-corrected chi connectivity index (χ3v) is 5.38. The average molecular weight is 429 g/mol. The number of amides is 1. The second kappa shape index (κ2) is 9.34. The minimum absolute atomic E-state index is 0.0375. The maximum absolute atomic E-state index is 13.1. The fraction of sp³-hybridized carbons (Fsp3) is 0.160. The molecule has 7 nitrogen and oxygen atoms in total. The normalized spacial score (nSPS) is 16.3. The van der Waals surface area contributed by atoms with Gasteiger partial charge in [0.05, 0.1) is 17.9 Å². The van der Waals surface area contributed by atoms with Crippen molar-refractivity contribution >= 4 is 17.8 Å². The van der Waals surface area contributed by atoms with Crippen molar-refractivity contribution in [2.24, 2.45) is 0 Å². The van der Waals surface area contributed by atoms with Crippen molar-refractivity contribution < 1.29 is 19.8 Å². The van der Waals surface area contributed by atoms with Crippen LogP contribution < -0.4 is 0 Å². The van der Waals surface area contributed by atoms with Crippen LogP contribution >= 0.6 is 0 Å². The zero-order valence-corrected chi connectivity index (χ0v) is 17.3. The van der Waals surface area contributed by atoms with Gasteiger partial charge in [-0.2, -0.15) is 0 Å². The van der Waals surface area contributed by atoms with E-state index in [4.69, 9.17) is 0 Å². The van der Waals surface area contributed by atoms with Gasteiger partial charge >= 0.3 is 0 Å². The smallest absolute Gasteiger partial charge is 0.290 e. The Bertz CT molecular complexity index is 1150. The molecule has 1 unspecified atom stereocenters. The molecule has 0 saturated carbocycles. The summed E-state index contributed by atoms with van der Waals surface area (Å²) in [5, 5.41) is 20.3. The first kappa shape index (κ1) is 21.1. The first-order valence-corrected chi connectivity index (χ1v) is 10.3. The Labute approximate surface area is 185 Å². The summed E-state index contributed by atoms with van der Waals surface area (Å²) in [6.07, 6.45) is 8.86. The van der Waals surface area contributed by atoms with E-state index in [9.17, 15) is 19.8 Å². The first-order valence-electron chi connectivity index (χ1n) is 10.3. The molecular weight excluding hydrogens is 406 g/mol. The van der Waals surface area contributed by atoms with Crippen molar-refractivity contribution in [3.8, 4) is 5.75 Å². The second-order valence-electron chi connectivity index (χ2n) is 7.52. The number of ketones is 1. The summed E-state index contributed by atoms with van der Waals surface area (Å²) in [7, 11) is 0. The number of aliphatic hydroxyl groups excluding tert-OH is 1. The third-order valence-electron chi connectivity index (χ3n) is 5.38. The Kier molecular flexibility index (Phi) is 6.17. The van der Waals surface area contributed by atoms with Crippen LogP contribution in [0.5, 0.6) is 5.75 Å². The van der Waals surface area contributed by atoms with Gasteiger partial charge in [0.2, 0.25) is 0 Å². The Morgan fingerprint density at radius 3 is 2.47 bits per heavy atom. The number of imidazole rings is 1. The van der Waals surface area contributed by atoms with Crippen molar-refractivity contribution in [2.75, 3.05) is 6.54 Å². The number of aryl methyl sites for hydroxylation is 1. The number of allylic oxidation sites excluding steroid dienone is 1. The average Bonchev–Trinajstić information content (AvgIpc) is 3.41. The molecule has 1 aliphatic heterocycles. The largest absolute Gasteiger partial charge is 0.508 e. The van der Waals surface area contributed by atoms with Gasteiger partial charge in [-0.25, -0.2) is 4.98 Å². The summed E-state index contributed by atoms with van der Waals surface area (Å²) in [4.78, 5) is 31.5. The van der Waals surface area contributed by atoms with Crippen LogP contribution in [-0.4, -0.2) is 42.9 Å². The molecule has 1 aliphatic rings. The van der Waals surface area contributed by atoms with Gasteiger partial charge < -0.3 is 19.7 Å². The number of nitrogens with zero attached hydrogens (tertiary/aromatic N) is 3. The molecule has 1 aromatic heterocycles. The molecule has 0 radical (unpaired) electrons. The van der Waals surface area contributed by atoms with Gasteiger partial charge in [0, 0.05) is 25.5 Å². The minimum atomic E-state index is -0.737. The monoisotopic (exact) mass is 429 g/mol. The molecule has 1 amide bonds. The Hall–Kier alpha value is -4.13. The molecule has 0 aliphatic carbocycles. The Balaban J connectivity index is 1.61. The molecule has 0 bridgehead atoms. The molecule has 2 aromatic carbocycles. The molecule has 3 aromatic rings. The van der Waals surface area contributed by atoms with Crippen LogP contribution in [0.3, 0.4) is 0 Å². The van der Waals surface area contributed by atoms with Gasteiger partial charge in [-0.1, -0.05) is 48.5 Å². The predicted molar refractivity (Wildman–Crippen MR) is 120 cm³/mol. The lowest BCUT2D eigenvalue weighted by atomic mass is 9.95. The number of aliphatic hydroxyl groups is 1. The quantitative estimate of drug-likeness (QED) is 0.533. The number of hydrogen-bond donors (Lipinski definition) is 2. The lowest BCUT2D eigenvalue weighted by Gasteiger charge is -2.26. The molecule has 2 heterocycles. The van der Waals surface area contributed by atoms with Crippen LogP contribution in [0.1, 0.15) is 23.6 Å². The summed E-state index contributed by atoms with van der Waals surface area (Å²) in [6.45, 7) is 0.982. The van der Waals surface area contributed by atoms with Crippen LogP contribution in [0.2, 0.25) is 0 Å². The van der Waals surface area contributed by atoms with Crippen LogP contribution in [0, 0.1) is 0 Å². The molecule has 0 spiro atoms. The summed E-state index contributed by atoms with van der Waals surface area (Å²) in [5.74, 6) is -1.47. The SMILES string of the molecule is O=C(C=Cc1ccccc1)C1=C(O)C(=O)N(CCCn2ccnc2)C1c1ccc(O)cc1. The van der Waals surface area contributed by atoms with Gasteiger partial charge in [-0.3, -0.25) is 9.59 Å². The maximum atomic E-state index is 13.1. The van der Waals surface area contributed by atoms with Crippen LogP contribution in [-0.2, 0) is 16.1 Å². The molecule has 0 saturated heterocycles. The van der Waals surface area contributed by atoms with Crippen LogP contribution in [0.15, 0.2) is 90.7 Å².